The summed E-state index contributed by atoms with van der Waals surface area (Å²) in [4.78, 5) is 12.5. The first-order valence-corrected chi connectivity index (χ1v) is 9.65. The standard InChI is InChI=1S/C19H21N3O3S/c1-19(2,3)22-18(13-9-26-10-14(13)21-22)20-17(23)7-5-12-4-6-15-16(8-12)25-11-24-15/h4-8H,9-11H2,1-3H3,(H,20,23)/b7-5-. The van der Waals surface area contributed by atoms with Crippen molar-refractivity contribution in [2.24, 2.45) is 0 Å². The third kappa shape index (κ3) is 3.19. The van der Waals surface area contributed by atoms with Crippen molar-refractivity contribution < 1.29 is 14.3 Å². The molecule has 136 valence electrons. The van der Waals surface area contributed by atoms with Crippen LogP contribution in [0.3, 0.4) is 0 Å². The fraction of sp³-hybridized carbons (Fsp3) is 0.368. The quantitative estimate of drug-likeness (QED) is 0.832. The lowest BCUT2D eigenvalue weighted by Crippen LogP contribution is -2.26. The number of benzene rings is 1. The molecule has 1 aromatic heterocycles. The van der Waals surface area contributed by atoms with E-state index in [-0.39, 0.29) is 18.2 Å². The third-order valence-corrected chi connectivity index (χ3v) is 5.22. The van der Waals surface area contributed by atoms with Crippen molar-refractivity contribution in [2.75, 3.05) is 12.1 Å². The van der Waals surface area contributed by atoms with E-state index in [1.807, 2.05) is 34.6 Å². The molecule has 26 heavy (non-hydrogen) atoms. The van der Waals surface area contributed by atoms with Gasteiger partial charge >= 0.3 is 0 Å². The van der Waals surface area contributed by atoms with Crippen molar-refractivity contribution in [2.45, 2.75) is 37.8 Å². The molecule has 0 bridgehead atoms. The van der Waals surface area contributed by atoms with Gasteiger partial charge in [0, 0.05) is 23.1 Å². The minimum Gasteiger partial charge on any atom is -0.454 e. The maximum Gasteiger partial charge on any atom is 0.249 e. The molecule has 0 fully saturated rings. The zero-order valence-corrected chi connectivity index (χ0v) is 15.9. The highest BCUT2D eigenvalue weighted by atomic mass is 32.2. The second-order valence-electron chi connectivity index (χ2n) is 7.28. The van der Waals surface area contributed by atoms with Crippen molar-refractivity contribution in [3.63, 3.8) is 0 Å². The first-order valence-electron chi connectivity index (χ1n) is 8.49. The molecule has 0 unspecified atom stereocenters. The van der Waals surface area contributed by atoms with Crippen LogP contribution in [0.15, 0.2) is 24.3 Å². The van der Waals surface area contributed by atoms with Crippen LogP contribution in [0.4, 0.5) is 5.82 Å². The molecule has 0 saturated carbocycles. The van der Waals surface area contributed by atoms with Crippen LogP contribution in [0.5, 0.6) is 11.5 Å². The molecule has 2 aromatic rings. The largest absolute Gasteiger partial charge is 0.454 e. The van der Waals surface area contributed by atoms with E-state index in [1.165, 1.54) is 6.08 Å². The van der Waals surface area contributed by atoms with Crippen molar-refractivity contribution in [1.82, 2.24) is 9.78 Å². The smallest absolute Gasteiger partial charge is 0.249 e. The van der Waals surface area contributed by atoms with Crippen molar-refractivity contribution in [3.05, 3.63) is 41.1 Å². The van der Waals surface area contributed by atoms with Gasteiger partial charge in [-0.1, -0.05) is 6.07 Å². The van der Waals surface area contributed by atoms with Gasteiger partial charge in [-0.15, -0.1) is 0 Å². The van der Waals surface area contributed by atoms with Gasteiger partial charge in [0.15, 0.2) is 11.5 Å². The van der Waals surface area contributed by atoms with Crippen LogP contribution in [0.2, 0.25) is 0 Å². The Bertz CT molecular complexity index is 896. The lowest BCUT2D eigenvalue weighted by Gasteiger charge is -2.23. The van der Waals surface area contributed by atoms with E-state index in [9.17, 15) is 4.79 Å². The Hall–Kier alpha value is -2.41. The fourth-order valence-corrected chi connectivity index (χ4v) is 4.01. The molecule has 2 aliphatic heterocycles. The molecule has 0 radical (unpaired) electrons. The summed E-state index contributed by atoms with van der Waals surface area (Å²) in [5.41, 5.74) is 2.89. The van der Waals surface area contributed by atoms with E-state index in [2.05, 4.69) is 26.1 Å². The molecule has 1 amide bonds. The van der Waals surface area contributed by atoms with E-state index in [1.54, 1.807) is 6.08 Å². The molecule has 0 aliphatic carbocycles. The zero-order chi connectivity index (χ0) is 18.3. The van der Waals surface area contributed by atoms with Crippen LogP contribution < -0.4 is 14.8 Å². The summed E-state index contributed by atoms with van der Waals surface area (Å²) in [5.74, 6) is 3.84. The van der Waals surface area contributed by atoms with Gasteiger partial charge in [-0.3, -0.25) is 4.79 Å². The second kappa shape index (κ2) is 6.39. The van der Waals surface area contributed by atoms with Crippen LogP contribution in [-0.2, 0) is 21.8 Å². The van der Waals surface area contributed by atoms with Gasteiger partial charge in [0.1, 0.15) is 5.82 Å². The number of hydrogen-bond donors (Lipinski definition) is 1. The SMILES string of the molecule is CC(C)(C)n1nc2c(c1NC(=O)/C=C\c1ccc3c(c1)OCO3)CSC2. The van der Waals surface area contributed by atoms with Gasteiger partial charge in [-0.25, -0.2) is 4.68 Å². The molecule has 7 heteroatoms. The van der Waals surface area contributed by atoms with Crippen LogP contribution in [-0.4, -0.2) is 22.5 Å². The van der Waals surface area contributed by atoms with Gasteiger partial charge in [0.25, 0.3) is 0 Å². The summed E-state index contributed by atoms with van der Waals surface area (Å²) in [6.45, 7) is 6.49. The summed E-state index contributed by atoms with van der Waals surface area (Å²) in [5, 5.41) is 7.72. The predicted octanol–water partition coefficient (Wildman–Crippen LogP) is 3.77. The lowest BCUT2D eigenvalue weighted by atomic mass is 10.1. The summed E-state index contributed by atoms with van der Waals surface area (Å²) >= 11 is 1.82. The fourth-order valence-electron chi connectivity index (χ4n) is 2.97. The third-order valence-electron chi connectivity index (χ3n) is 4.25. The summed E-state index contributed by atoms with van der Waals surface area (Å²) in [6, 6.07) is 5.60. The topological polar surface area (TPSA) is 65.4 Å². The van der Waals surface area contributed by atoms with Crippen LogP contribution in [0.25, 0.3) is 6.08 Å². The van der Waals surface area contributed by atoms with Crippen molar-refractivity contribution >= 4 is 29.6 Å². The number of carbonyl (C=O) groups is 1. The molecule has 3 heterocycles. The molecule has 2 aliphatic rings. The normalized spacial score (nSPS) is 15.5. The number of hydrogen-bond acceptors (Lipinski definition) is 5. The summed E-state index contributed by atoms with van der Waals surface area (Å²) < 4.78 is 12.6. The number of amides is 1. The Labute approximate surface area is 156 Å². The molecular weight excluding hydrogens is 350 g/mol. The highest BCUT2D eigenvalue weighted by Crippen LogP contribution is 2.37. The number of thioether (sulfide) groups is 1. The Morgan fingerprint density at radius 3 is 2.88 bits per heavy atom. The molecular formula is C19H21N3O3S. The molecule has 1 N–H and O–H groups in total. The number of nitrogens with zero attached hydrogens (tertiary/aromatic N) is 2. The Morgan fingerprint density at radius 1 is 1.27 bits per heavy atom. The van der Waals surface area contributed by atoms with Gasteiger partial charge in [-0.2, -0.15) is 16.9 Å². The van der Waals surface area contributed by atoms with E-state index in [0.717, 1.165) is 39.9 Å². The highest BCUT2D eigenvalue weighted by Gasteiger charge is 2.28. The summed E-state index contributed by atoms with van der Waals surface area (Å²) in [6.07, 6.45) is 3.30. The minimum atomic E-state index is -0.196. The Morgan fingerprint density at radius 2 is 2.08 bits per heavy atom. The number of nitrogens with one attached hydrogen (secondary N) is 1. The van der Waals surface area contributed by atoms with Gasteiger partial charge in [-0.05, 0) is 44.5 Å². The predicted molar refractivity (Wildman–Crippen MR) is 102 cm³/mol. The number of rotatable bonds is 3. The number of anilines is 1. The summed E-state index contributed by atoms with van der Waals surface area (Å²) in [7, 11) is 0. The lowest BCUT2D eigenvalue weighted by molar-refractivity contribution is -0.111. The van der Waals surface area contributed by atoms with Crippen LogP contribution in [0.1, 0.15) is 37.6 Å². The van der Waals surface area contributed by atoms with Gasteiger partial charge < -0.3 is 14.8 Å². The maximum atomic E-state index is 12.5. The van der Waals surface area contributed by atoms with Crippen molar-refractivity contribution in [1.29, 1.82) is 0 Å². The number of carbonyl (C=O) groups excluding carboxylic acids is 1. The highest BCUT2D eigenvalue weighted by molar-refractivity contribution is 7.98. The van der Waals surface area contributed by atoms with E-state index in [0.29, 0.717) is 5.75 Å². The molecule has 6 nitrogen and oxygen atoms in total. The number of fused-ring (bicyclic) bond motifs is 2. The van der Waals surface area contributed by atoms with Gasteiger partial charge in [0.2, 0.25) is 12.7 Å². The maximum absolute atomic E-state index is 12.5. The van der Waals surface area contributed by atoms with Gasteiger partial charge in [0.05, 0.1) is 11.2 Å². The molecule has 1 aromatic carbocycles. The molecule has 0 atom stereocenters. The van der Waals surface area contributed by atoms with E-state index < -0.39 is 0 Å². The zero-order valence-electron chi connectivity index (χ0n) is 15.0. The monoisotopic (exact) mass is 371 g/mol. The molecule has 0 saturated heterocycles. The minimum absolute atomic E-state index is 0.173. The van der Waals surface area contributed by atoms with Crippen LogP contribution >= 0.6 is 11.8 Å². The van der Waals surface area contributed by atoms with E-state index in [4.69, 9.17) is 14.6 Å². The Kier molecular flexibility index (Phi) is 4.19. The number of ether oxygens (including phenoxy) is 2. The van der Waals surface area contributed by atoms with Crippen molar-refractivity contribution in [3.8, 4) is 11.5 Å². The number of aromatic nitrogens is 2. The average Bonchev–Trinajstić information content (AvgIpc) is 3.28. The van der Waals surface area contributed by atoms with Crippen LogP contribution in [0, 0.1) is 0 Å². The van der Waals surface area contributed by atoms with E-state index >= 15 is 0 Å². The average molecular weight is 371 g/mol. The first kappa shape index (κ1) is 17.0. The first-order chi connectivity index (χ1) is 12.4. The Balaban J connectivity index is 1.54. The molecule has 0 spiro atoms. The molecule has 4 rings (SSSR count). The second-order valence-corrected chi connectivity index (χ2v) is 8.27.